The molecule has 1 atom stereocenters. The molecule has 0 saturated carbocycles. The molecule has 2 aromatic heterocycles. The van der Waals surface area contributed by atoms with Crippen molar-refractivity contribution in [3.63, 3.8) is 0 Å². The summed E-state index contributed by atoms with van der Waals surface area (Å²) in [5.74, 6) is 1.08. The Bertz CT molecular complexity index is 1110. The van der Waals surface area contributed by atoms with Crippen molar-refractivity contribution in [3.05, 3.63) is 65.3 Å². The summed E-state index contributed by atoms with van der Waals surface area (Å²) in [5.41, 5.74) is 6.78. The Hall–Kier alpha value is -2.42. The van der Waals surface area contributed by atoms with Crippen molar-refractivity contribution < 1.29 is 4.42 Å². The van der Waals surface area contributed by atoms with E-state index in [4.69, 9.17) is 4.42 Å². The molecule has 1 aliphatic carbocycles. The fourth-order valence-electron chi connectivity index (χ4n) is 5.51. The molecule has 0 amide bonds. The first-order chi connectivity index (χ1) is 13.2. The first-order valence-corrected chi connectivity index (χ1v) is 10.4. The van der Waals surface area contributed by atoms with Gasteiger partial charge >= 0.3 is 0 Å². The Morgan fingerprint density at radius 1 is 0.964 bits per heavy atom. The van der Waals surface area contributed by atoms with Crippen LogP contribution in [0.1, 0.15) is 63.7 Å². The minimum atomic E-state index is 0.0457. The lowest BCUT2D eigenvalue weighted by Crippen LogP contribution is -2.44. The van der Waals surface area contributed by atoms with E-state index in [1.165, 1.54) is 40.8 Å². The van der Waals surface area contributed by atoms with Gasteiger partial charge < -0.3 is 13.9 Å². The van der Waals surface area contributed by atoms with Gasteiger partial charge in [0, 0.05) is 41.0 Å². The van der Waals surface area contributed by atoms with E-state index in [9.17, 15) is 0 Å². The third-order valence-electron chi connectivity index (χ3n) is 7.01. The summed E-state index contributed by atoms with van der Waals surface area (Å²) in [6.45, 7) is 11.8. The number of nitrogens with zero attached hydrogens (tertiary/aromatic N) is 2. The summed E-state index contributed by atoms with van der Waals surface area (Å²) in [4.78, 5) is 2.48. The quantitative estimate of drug-likeness (QED) is 0.479. The van der Waals surface area contributed by atoms with Crippen LogP contribution in [0, 0.1) is 17.8 Å². The minimum absolute atomic E-state index is 0.0457. The number of hydrogen-bond acceptors (Lipinski definition) is 2. The number of fused-ring (bicyclic) bond motifs is 4. The van der Waals surface area contributed by atoms with Crippen molar-refractivity contribution in [2.45, 2.75) is 53.6 Å². The predicted molar refractivity (Wildman–Crippen MR) is 115 cm³/mol. The van der Waals surface area contributed by atoms with E-state index >= 15 is 0 Å². The third kappa shape index (κ3) is 2.22. The average Bonchev–Trinajstić information content (AvgIpc) is 3.22. The zero-order valence-electron chi connectivity index (χ0n) is 17.8. The van der Waals surface area contributed by atoms with Crippen molar-refractivity contribution in [1.29, 1.82) is 0 Å². The Kier molecular flexibility index (Phi) is 3.51. The topological polar surface area (TPSA) is 21.3 Å². The van der Waals surface area contributed by atoms with Crippen LogP contribution in [-0.4, -0.2) is 16.5 Å². The van der Waals surface area contributed by atoms with Crippen molar-refractivity contribution in [2.24, 2.45) is 10.8 Å². The molecule has 1 aliphatic heterocycles. The Balaban J connectivity index is 1.92. The van der Waals surface area contributed by atoms with Gasteiger partial charge in [-0.15, -0.1) is 0 Å². The second-order valence-corrected chi connectivity index (χ2v) is 9.87. The SMILES string of the molecule is Cc1cccn1C1c2oc3ccccc3c2C2=C(N1C)C(C)(C)CCC2(C)C. The second-order valence-electron chi connectivity index (χ2n) is 9.87. The highest BCUT2D eigenvalue weighted by molar-refractivity contribution is 5.96. The number of aryl methyl sites for hydroxylation is 1. The van der Waals surface area contributed by atoms with Gasteiger partial charge in [0.25, 0.3) is 0 Å². The van der Waals surface area contributed by atoms with Gasteiger partial charge in [-0.05, 0) is 49.0 Å². The van der Waals surface area contributed by atoms with Crippen LogP contribution in [0.15, 0.2) is 52.7 Å². The third-order valence-corrected chi connectivity index (χ3v) is 7.01. The molecule has 3 aromatic rings. The maximum atomic E-state index is 6.57. The summed E-state index contributed by atoms with van der Waals surface area (Å²) >= 11 is 0. The molecule has 1 aromatic carbocycles. The van der Waals surface area contributed by atoms with Crippen LogP contribution in [-0.2, 0) is 0 Å². The van der Waals surface area contributed by atoms with Gasteiger partial charge in [-0.2, -0.15) is 0 Å². The van der Waals surface area contributed by atoms with E-state index in [0.29, 0.717) is 0 Å². The first-order valence-electron chi connectivity index (χ1n) is 10.4. The van der Waals surface area contributed by atoms with Gasteiger partial charge in [0.15, 0.2) is 11.9 Å². The number of hydrogen-bond donors (Lipinski definition) is 0. The van der Waals surface area contributed by atoms with Crippen molar-refractivity contribution in [1.82, 2.24) is 9.47 Å². The number of benzene rings is 1. The molecule has 5 rings (SSSR count). The molecule has 0 radical (unpaired) electrons. The van der Waals surface area contributed by atoms with Crippen molar-refractivity contribution >= 4 is 16.5 Å². The molecule has 3 nitrogen and oxygen atoms in total. The summed E-state index contributed by atoms with van der Waals surface area (Å²) in [5, 5.41) is 1.25. The second kappa shape index (κ2) is 5.56. The molecule has 0 saturated heterocycles. The smallest absolute Gasteiger partial charge is 0.165 e. The molecular formula is C25H30N2O. The van der Waals surface area contributed by atoms with Crippen LogP contribution >= 0.6 is 0 Å². The molecule has 0 spiro atoms. The van der Waals surface area contributed by atoms with Crippen molar-refractivity contribution in [2.75, 3.05) is 7.05 Å². The lowest BCUT2D eigenvalue weighted by molar-refractivity contribution is 0.149. The van der Waals surface area contributed by atoms with E-state index < -0.39 is 0 Å². The summed E-state index contributed by atoms with van der Waals surface area (Å²) in [6.07, 6.45) is 4.62. The van der Waals surface area contributed by atoms with E-state index in [1.807, 2.05) is 0 Å². The number of furan rings is 1. The molecule has 3 heterocycles. The molecule has 0 N–H and O–H groups in total. The van der Waals surface area contributed by atoms with Gasteiger partial charge in [-0.25, -0.2) is 0 Å². The van der Waals surface area contributed by atoms with E-state index in [2.05, 4.69) is 93.7 Å². The first kappa shape index (κ1) is 17.7. The monoisotopic (exact) mass is 374 g/mol. The molecule has 0 bridgehead atoms. The highest BCUT2D eigenvalue weighted by atomic mass is 16.3. The van der Waals surface area contributed by atoms with Gasteiger partial charge in [0.05, 0.1) is 0 Å². The average molecular weight is 375 g/mol. The fraction of sp³-hybridized carbons (Fsp3) is 0.440. The molecular weight excluding hydrogens is 344 g/mol. The molecule has 0 fully saturated rings. The number of rotatable bonds is 1. The Morgan fingerprint density at radius 2 is 1.68 bits per heavy atom. The standard InChI is InChI=1S/C25H30N2O/c1-16-10-9-15-27(16)23-21-19(17-11-7-8-12-18(17)28-21)20-22(26(23)6)25(4,5)14-13-24(20,2)3/h7-12,15,23H,13-14H2,1-6H3. The number of allylic oxidation sites excluding steroid dienone is 2. The number of aromatic nitrogens is 1. The highest BCUT2D eigenvalue weighted by Gasteiger charge is 2.48. The van der Waals surface area contributed by atoms with E-state index in [1.54, 1.807) is 0 Å². The highest BCUT2D eigenvalue weighted by Crippen LogP contribution is 2.59. The molecule has 146 valence electrons. The van der Waals surface area contributed by atoms with E-state index in [-0.39, 0.29) is 17.0 Å². The zero-order chi connectivity index (χ0) is 19.8. The van der Waals surface area contributed by atoms with E-state index in [0.717, 1.165) is 11.3 Å². The predicted octanol–water partition coefficient (Wildman–Crippen LogP) is 6.59. The Morgan fingerprint density at radius 3 is 2.39 bits per heavy atom. The van der Waals surface area contributed by atoms with Crippen LogP contribution in [0.3, 0.4) is 0 Å². The minimum Gasteiger partial charge on any atom is -0.456 e. The normalized spacial score (nSPS) is 23.1. The maximum Gasteiger partial charge on any atom is 0.165 e. The van der Waals surface area contributed by atoms with Crippen LogP contribution in [0.25, 0.3) is 16.5 Å². The van der Waals surface area contributed by atoms with Gasteiger partial charge in [-0.1, -0.05) is 45.9 Å². The Labute approximate surface area is 167 Å². The van der Waals surface area contributed by atoms with Crippen LogP contribution < -0.4 is 0 Å². The number of para-hydroxylation sites is 1. The molecule has 3 heteroatoms. The maximum absolute atomic E-state index is 6.57. The summed E-state index contributed by atoms with van der Waals surface area (Å²) in [6, 6.07) is 12.8. The molecule has 2 aliphatic rings. The van der Waals surface area contributed by atoms with Gasteiger partial charge in [0.2, 0.25) is 0 Å². The molecule has 28 heavy (non-hydrogen) atoms. The lowest BCUT2D eigenvalue weighted by Gasteiger charge is -2.51. The zero-order valence-corrected chi connectivity index (χ0v) is 17.8. The fourth-order valence-corrected chi connectivity index (χ4v) is 5.51. The summed E-state index contributed by atoms with van der Waals surface area (Å²) < 4.78 is 8.92. The largest absolute Gasteiger partial charge is 0.456 e. The summed E-state index contributed by atoms with van der Waals surface area (Å²) in [7, 11) is 2.25. The molecule has 1 unspecified atom stereocenters. The van der Waals surface area contributed by atoms with Gasteiger partial charge in [-0.3, -0.25) is 0 Å². The lowest BCUT2D eigenvalue weighted by atomic mass is 9.62. The van der Waals surface area contributed by atoms with Crippen LogP contribution in [0.2, 0.25) is 0 Å². The van der Waals surface area contributed by atoms with Crippen LogP contribution in [0.4, 0.5) is 0 Å². The van der Waals surface area contributed by atoms with Gasteiger partial charge in [0.1, 0.15) is 5.58 Å². The van der Waals surface area contributed by atoms with Crippen LogP contribution in [0.5, 0.6) is 0 Å². The van der Waals surface area contributed by atoms with Crippen molar-refractivity contribution in [3.8, 4) is 0 Å².